The van der Waals surface area contributed by atoms with Gasteiger partial charge in [0.2, 0.25) is 5.91 Å². The number of rotatable bonds is 5. The molecule has 0 radical (unpaired) electrons. The quantitative estimate of drug-likeness (QED) is 0.628. The van der Waals surface area contributed by atoms with Gasteiger partial charge in [0.1, 0.15) is 6.04 Å². The Morgan fingerprint density at radius 2 is 1.89 bits per heavy atom. The summed E-state index contributed by atoms with van der Waals surface area (Å²) in [5.74, 6) is -1.48. The molecule has 3 aliphatic heterocycles. The Kier molecular flexibility index (Phi) is 7.14. The molecular weight excluding hydrogens is 471 g/mol. The van der Waals surface area contributed by atoms with Crippen molar-refractivity contribution < 1.29 is 27.5 Å². The second-order valence-electron chi connectivity index (χ2n) is 10.7. The number of nitrogens with zero attached hydrogens (tertiary/aromatic N) is 1. The number of fused-ring (bicyclic) bond motifs is 1. The maximum absolute atomic E-state index is 13.0. The van der Waals surface area contributed by atoms with Gasteiger partial charge in [0.25, 0.3) is 5.91 Å². The molecule has 2 amide bonds. The van der Waals surface area contributed by atoms with Crippen molar-refractivity contribution in [1.29, 1.82) is 0 Å². The minimum atomic E-state index is -4.10. The summed E-state index contributed by atoms with van der Waals surface area (Å²) < 4.78 is 45.2. The van der Waals surface area contributed by atoms with E-state index in [1.165, 1.54) is 0 Å². The number of hydrogen-bond acceptors (Lipinski definition) is 4. The first-order valence-electron chi connectivity index (χ1n) is 13.0. The zero-order valence-corrected chi connectivity index (χ0v) is 20.4. The fraction of sp³-hybridized carbons (Fsp3) is 0.630. The highest BCUT2D eigenvalue weighted by molar-refractivity contribution is 6.01. The van der Waals surface area contributed by atoms with Crippen LogP contribution in [0.5, 0.6) is 0 Å². The fourth-order valence-electron chi connectivity index (χ4n) is 6.19. The second-order valence-corrected chi connectivity index (χ2v) is 10.7. The minimum absolute atomic E-state index is 0.0690. The van der Waals surface area contributed by atoms with Crippen LogP contribution in [-0.2, 0) is 22.5 Å². The molecule has 3 heterocycles. The number of hydrogen-bond donors (Lipinski definition) is 2. The van der Waals surface area contributed by atoms with Crippen LogP contribution in [0.3, 0.4) is 0 Å². The molecule has 5 rings (SSSR count). The number of carbonyl (C=O) groups excluding carboxylic acids is 2. The van der Waals surface area contributed by atoms with Gasteiger partial charge in [0.05, 0.1) is 12.0 Å². The summed E-state index contributed by atoms with van der Waals surface area (Å²) in [6, 6.07) is 5.53. The predicted molar refractivity (Wildman–Crippen MR) is 128 cm³/mol. The first kappa shape index (κ1) is 25.3. The Labute approximate surface area is 209 Å². The Morgan fingerprint density at radius 1 is 1.11 bits per heavy atom. The summed E-state index contributed by atoms with van der Waals surface area (Å²) in [6.45, 7) is 4.88. The average Bonchev–Trinajstić information content (AvgIpc) is 3.15. The lowest BCUT2D eigenvalue weighted by atomic mass is 9.84. The van der Waals surface area contributed by atoms with E-state index >= 15 is 0 Å². The Bertz CT molecular complexity index is 1020. The van der Waals surface area contributed by atoms with Gasteiger partial charge in [-0.1, -0.05) is 18.7 Å². The molecule has 9 heteroatoms. The molecular formula is C27H34F3N3O3. The van der Waals surface area contributed by atoms with Crippen molar-refractivity contribution >= 4 is 11.8 Å². The van der Waals surface area contributed by atoms with Crippen LogP contribution in [0.2, 0.25) is 0 Å². The number of carbonyl (C=O) groups is 2. The van der Waals surface area contributed by atoms with Crippen LogP contribution in [0, 0.1) is 5.92 Å². The number of alkyl halides is 3. The lowest BCUT2D eigenvalue weighted by molar-refractivity contribution is -0.183. The van der Waals surface area contributed by atoms with Gasteiger partial charge in [-0.3, -0.25) is 9.59 Å². The van der Waals surface area contributed by atoms with E-state index in [1.807, 2.05) is 18.2 Å². The smallest absolute Gasteiger partial charge is 0.376 e. The number of nitrogens with one attached hydrogen (secondary N) is 2. The summed E-state index contributed by atoms with van der Waals surface area (Å²) in [5, 5.41) is 6.37. The van der Waals surface area contributed by atoms with Gasteiger partial charge in [-0.25, -0.2) is 0 Å². The van der Waals surface area contributed by atoms with Gasteiger partial charge in [-0.15, -0.1) is 0 Å². The van der Waals surface area contributed by atoms with E-state index in [0.717, 1.165) is 24.0 Å². The van der Waals surface area contributed by atoms with Gasteiger partial charge < -0.3 is 20.3 Å². The number of benzene rings is 1. The largest absolute Gasteiger partial charge is 0.391 e. The van der Waals surface area contributed by atoms with Crippen LogP contribution in [0.1, 0.15) is 72.9 Å². The number of piperidine rings is 1. The molecule has 0 aromatic heterocycles. The average molecular weight is 506 g/mol. The monoisotopic (exact) mass is 505 g/mol. The number of halogens is 3. The molecule has 1 aromatic carbocycles. The molecule has 1 aliphatic carbocycles. The van der Waals surface area contributed by atoms with Crippen LogP contribution >= 0.6 is 0 Å². The Morgan fingerprint density at radius 3 is 2.61 bits per heavy atom. The van der Waals surface area contributed by atoms with E-state index < -0.39 is 18.1 Å². The standard InChI is InChI=1S/C27H34F3N3O3/c1-16-4-11-23(25(34)31-16)33-15-18-13-17(5-10-21(18)26(33)35)14-24-22(3-2-12-36-24)32-20-8-6-19(7-9-20)27(28,29)30/h5,10,13,19-20,22-24,32H,1-4,6-9,11-12,14-15H2,(H,31,34)/t19?,20?,22-,23?,24+/m0/s1. The summed E-state index contributed by atoms with van der Waals surface area (Å²) >= 11 is 0. The Hall–Kier alpha value is -2.39. The van der Waals surface area contributed by atoms with Gasteiger partial charge in [-0.05, 0) is 68.6 Å². The third kappa shape index (κ3) is 5.32. The van der Waals surface area contributed by atoms with Crippen molar-refractivity contribution in [1.82, 2.24) is 15.5 Å². The minimum Gasteiger partial charge on any atom is -0.376 e. The highest BCUT2D eigenvalue weighted by Gasteiger charge is 2.42. The van der Waals surface area contributed by atoms with Crippen LogP contribution < -0.4 is 10.6 Å². The summed E-state index contributed by atoms with van der Waals surface area (Å²) in [7, 11) is 0. The highest BCUT2D eigenvalue weighted by atomic mass is 19.4. The van der Waals surface area contributed by atoms with E-state index in [1.54, 1.807) is 4.90 Å². The third-order valence-electron chi connectivity index (χ3n) is 8.22. The molecule has 2 N–H and O–H groups in total. The lowest BCUT2D eigenvalue weighted by Crippen LogP contribution is -2.51. The lowest BCUT2D eigenvalue weighted by Gasteiger charge is -2.38. The maximum Gasteiger partial charge on any atom is 0.391 e. The first-order valence-corrected chi connectivity index (χ1v) is 13.0. The summed E-state index contributed by atoms with van der Waals surface area (Å²) in [6.07, 6.45) is 1.03. The maximum atomic E-state index is 13.0. The Balaban J connectivity index is 1.21. The van der Waals surface area contributed by atoms with Crippen LogP contribution in [0.25, 0.3) is 0 Å². The summed E-state index contributed by atoms with van der Waals surface area (Å²) in [5.41, 5.74) is 3.30. The highest BCUT2D eigenvalue weighted by Crippen LogP contribution is 2.38. The van der Waals surface area contributed by atoms with Gasteiger partial charge in [0.15, 0.2) is 0 Å². The van der Waals surface area contributed by atoms with Crippen molar-refractivity contribution in [2.24, 2.45) is 5.92 Å². The normalized spacial score (nSPS) is 31.4. The molecule has 6 nitrogen and oxygen atoms in total. The van der Waals surface area contributed by atoms with Gasteiger partial charge in [-0.2, -0.15) is 13.2 Å². The van der Waals surface area contributed by atoms with Crippen molar-refractivity contribution in [2.45, 2.75) is 94.7 Å². The van der Waals surface area contributed by atoms with E-state index in [2.05, 4.69) is 17.2 Å². The zero-order chi connectivity index (χ0) is 25.4. The zero-order valence-electron chi connectivity index (χ0n) is 20.4. The van der Waals surface area contributed by atoms with Crippen LogP contribution in [-0.4, -0.2) is 53.7 Å². The van der Waals surface area contributed by atoms with E-state index in [-0.39, 0.29) is 42.8 Å². The molecule has 2 saturated heterocycles. The topological polar surface area (TPSA) is 70.7 Å². The molecule has 3 atom stereocenters. The van der Waals surface area contributed by atoms with E-state index in [0.29, 0.717) is 56.5 Å². The molecule has 1 unspecified atom stereocenters. The molecule has 196 valence electrons. The van der Waals surface area contributed by atoms with Crippen molar-refractivity contribution in [3.8, 4) is 0 Å². The van der Waals surface area contributed by atoms with Crippen LogP contribution in [0.4, 0.5) is 13.2 Å². The SMILES string of the molecule is C=C1CCC(N2Cc3cc(C[C@H]4OCCC[C@@H]4NC4CCC(C(F)(F)F)CC4)ccc3C2=O)C(=O)N1. The molecule has 36 heavy (non-hydrogen) atoms. The number of amides is 2. The fourth-order valence-corrected chi connectivity index (χ4v) is 6.19. The molecule has 1 saturated carbocycles. The van der Waals surface area contributed by atoms with Crippen molar-refractivity contribution in [2.75, 3.05) is 6.61 Å². The third-order valence-corrected chi connectivity index (χ3v) is 8.22. The van der Waals surface area contributed by atoms with E-state index in [9.17, 15) is 22.8 Å². The van der Waals surface area contributed by atoms with Crippen molar-refractivity contribution in [3.63, 3.8) is 0 Å². The second kappa shape index (κ2) is 10.2. The van der Waals surface area contributed by atoms with Gasteiger partial charge in [0, 0.05) is 42.9 Å². The molecule has 0 spiro atoms. The molecule has 4 aliphatic rings. The molecule has 3 fully saturated rings. The van der Waals surface area contributed by atoms with E-state index in [4.69, 9.17) is 4.74 Å². The predicted octanol–water partition coefficient (Wildman–Crippen LogP) is 4.24. The number of allylic oxidation sites excluding steroid dienone is 1. The van der Waals surface area contributed by atoms with Crippen molar-refractivity contribution in [3.05, 3.63) is 47.2 Å². The van der Waals surface area contributed by atoms with Gasteiger partial charge >= 0.3 is 6.18 Å². The summed E-state index contributed by atoms with van der Waals surface area (Å²) in [4.78, 5) is 27.1. The first-order chi connectivity index (χ1) is 17.2. The molecule has 1 aromatic rings. The van der Waals surface area contributed by atoms with Crippen LogP contribution in [0.15, 0.2) is 30.5 Å². The number of ether oxygens (including phenoxy) is 1. The molecule has 0 bridgehead atoms.